The van der Waals surface area contributed by atoms with Gasteiger partial charge in [-0.15, -0.1) is 0 Å². The van der Waals surface area contributed by atoms with Crippen molar-refractivity contribution >= 4 is 11.9 Å². The second-order valence-electron chi connectivity index (χ2n) is 6.49. The number of nitrogens with zero attached hydrogens (tertiary/aromatic N) is 1. The van der Waals surface area contributed by atoms with Crippen LogP contribution in [0.4, 0.5) is 0 Å². The summed E-state index contributed by atoms with van der Waals surface area (Å²) in [7, 11) is 0. The molecule has 126 valence electrons. The molecule has 23 heavy (non-hydrogen) atoms. The number of aromatic carboxylic acids is 1. The maximum atomic E-state index is 12.4. The first-order valence-corrected chi connectivity index (χ1v) is 8.17. The molecule has 1 saturated heterocycles. The van der Waals surface area contributed by atoms with Gasteiger partial charge in [-0.05, 0) is 36.5 Å². The van der Waals surface area contributed by atoms with Crippen LogP contribution in [0.2, 0.25) is 0 Å². The normalized spacial score (nSPS) is 15.9. The van der Waals surface area contributed by atoms with Gasteiger partial charge in [-0.2, -0.15) is 0 Å². The number of carboxylic acids is 1. The summed E-state index contributed by atoms with van der Waals surface area (Å²) in [6, 6.07) is 6.58. The number of hydrogen-bond donors (Lipinski definition) is 1. The highest BCUT2D eigenvalue weighted by molar-refractivity contribution is 5.88. The first-order chi connectivity index (χ1) is 11.0. The van der Waals surface area contributed by atoms with Crippen LogP contribution in [0.1, 0.15) is 42.6 Å². The van der Waals surface area contributed by atoms with E-state index in [2.05, 4.69) is 13.8 Å². The minimum atomic E-state index is -0.970. The molecule has 1 amide bonds. The van der Waals surface area contributed by atoms with E-state index in [1.165, 1.54) is 6.07 Å². The van der Waals surface area contributed by atoms with Crippen molar-refractivity contribution in [2.45, 2.75) is 39.2 Å². The fraction of sp³-hybridized carbons (Fsp3) is 0.556. The zero-order chi connectivity index (χ0) is 16.8. The first kappa shape index (κ1) is 17.5. The van der Waals surface area contributed by atoms with Crippen LogP contribution in [0, 0.1) is 5.92 Å². The number of likely N-dealkylation sites (tertiary alicyclic amines) is 1. The maximum Gasteiger partial charge on any atom is 0.335 e. The second-order valence-corrected chi connectivity index (χ2v) is 6.49. The standard InChI is InChI=1S/C18H25NO4/c1-13(2)12-23-16-6-8-19(9-7-16)17(20)11-14-4-3-5-15(10-14)18(21)22/h3-5,10,13,16H,6-9,11-12H2,1-2H3,(H,21,22). The summed E-state index contributed by atoms with van der Waals surface area (Å²) < 4.78 is 5.83. The van der Waals surface area contributed by atoms with E-state index < -0.39 is 5.97 Å². The Labute approximate surface area is 137 Å². The topological polar surface area (TPSA) is 66.8 Å². The van der Waals surface area contributed by atoms with E-state index in [4.69, 9.17) is 9.84 Å². The molecule has 0 spiro atoms. The van der Waals surface area contributed by atoms with E-state index in [1.807, 2.05) is 4.90 Å². The quantitative estimate of drug-likeness (QED) is 0.875. The molecule has 0 saturated carbocycles. The fourth-order valence-corrected chi connectivity index (χ4v) is 2.70. The zero-order valence-corrected chi connectivity index (χ0v) is 13.8. The molecule has 1 aromatic rings. The highest BCUT2D eigenvalue weighted by atomic mass is 16.5. The number of carbonyl (C=O) groups is 2. The van der Waals surface area contributed by atoms with Crippen LogP contribution >= 0.6 is 0 Å². The number of carboxylic acid groups (broad SMARTS) is 1. The summed E-state index contributed by atoms with van der Waals surface area (Å²) in [6.45, 7) is 6.44. The lowest BCUT2D eigenvalue weighted by Gasteiger charge is -2.32. The molecule has 0 radical (unpaired) electrons. The highest BCUT2D eigenvalue weighted by Gasteiger charge is 2.23. The molecule has 2 rings (SSSR count). The van der Waals surface area contributed by atoms with Crippen molar-refractivity contribution in [3.8, 4) is 0 Å². The van der Waals surface area contributed by atoms with Crippen molar-refractivity contribution < 1.29 is 19.4 Å². The number of amides is 1. The third kappa shape index (κ3) is 5.36. The summed E-state index contributed by atoms with van der Waals surface area (Å²) >= 11 is 0. The van der Waals surface area contributed by atoms with Gasteiger partial charge < -0.3 is 14.7 Å². The molecule has 5 heteroatoms. The Hall–Kier alpha value is -1.88. The van der Waals surface area contributed by atoms with Crippen molar-refractivity contribution in [2.75, 3.05) is 19.7 Å². The molecule has 0 aromatic heterocycles. The average Bonchev–Trinajstić information content (AvgIpc) is 2.53. The maximum absolute atomic E-state index is 12.4. The van der Waals surface area contributed by atoms with Gasteiger partial charge in [0.05, 0.1) is 18.1 Å². The first-order valence-electron chi connectivity index (χ1n) is 8.17. The van der Waals surface area contributed by atoms with Gasteiger partial charge in [-0.25, -0.2) is 4.79 Å². The molecular weight excluding hydrogens is 294 g/mol. The number of piperidine rings is 1. The van der Waals surface area contributed by atoms with Crippen LogP contribution in [-0.2, 0) is 16.0 Å². The monoisotopic (exact) mass is 319 g/mol. The van der Waals surface area contributed by atoms with Crippen LogP contribution in [0.3, 0.4) is 0 Å². The third-order valence-corrected chi connectivity index (χ3v) is 3.99. The SMILES string of the molecule is CC(C)COC1CCN(C(=O)Cc2cccc(C(=O)O)c2)CC1. The van der Waals surface area contributed by atoms with Gasteiger partial charge in [0.15, 0.2) is 0 Å². The lowest BCUT2D eigenvalue weighted by atomic mass is 10.0. The van der Waals surface area contributed by atoms with Gasteiger partial charge in [0.1, 0.15) is 0 Å². The van der Waals surface area contributed by atoms with Gasteiger partial charge >= 0.3 is 5.97 Å². The van der Waals surface area contributed by atoms with Crippen LogP contribution in [0.5, 0.6) is 0 Å². The Morgan fingerprint density at radius 3 is 2.61 bits per heavy atom. The summed E-state index contributed by atoms with van der Waals surface area (Å²) in [6.07, 6.45) is 2.23. The van der Waals surface area contributed by atoms with Crippen LogP contribution < -0.4 is 0 Å². The Kier molecular flexibility index (Phi) is 6.16. The van der Waals surface area contributed by atoms with Crippen molar-refractivity contribution in [2.24, 2.45) is 5.92 Å². The van der Waals surface area contributed by atoms with E-state index in [1.54, 1.807) is 18.2 Å². The van der Waals surface area contributed by atoms with Crippen LogP contribution in [0.15, 0.2) is 24.3 Å². The van der Waals surface area contributed by atoms with Gasteiger partial charge in [-0.3, -0.25) is 4.79 Å². The smallest absolute Gasteiger partial charge is 0.335 e. The Morgan fingerprint density at radius 1 is 1.30 bits per heavy atom. The number of hydrogen-bond acceptors (Lipinski definition) is 3. The third-order valence-electron chi connectivity index (χ3n) is 3.99. The molecule has 1 fully saturated rings. The molecule has 0 bridgehead atoms. The summed E-state index contributed by atoms with van der Waals surface area (Å²) in [5, 5.41) is 9.00. The zero-order valence-electron chi connectivity index (χ0n) is 13.8. The van der Waals surface area contributed by atoms with Gasteiger partial charge in [0.25, 0.3) is 0 Å². The van der Waals surface area contributed by atoms with E-state index in [0.29, 0.717) is 19.0 Å². The Bertz CT molecular complexity index is 548. The number of benzene rings is 1. The summed E-state index contributed by atoms with van der Waals surface area (Å²) in [4.78, 5) is 25.2. The molecular formula is C18H25NO4. The molecule has 5 nitrogen and oxygen atoms in total. The van der Waals surface area contributed by atoms with Crippen molar-refractivity contribution in [1.29, 1.82) is 0 Å². The summed E-state index contributed by atoms with van der Waals surface area (Å²) in [5.74, 6) is -0.395. The van der Waals surface area contributed by atoms with Crippen LogP contribution in [-0.4, -0.2) is 47.7 Å². The summed E-state index contributed by atoms with van der Waals surface area (Å²) in [5.41, 5.74) is 0.962. The predicted octanol–water partition coefficient (Wildman–Crippen LogP) is 2.59. The molecule has 1 aliphatic heterocycles. The van der Waals surface area contributed by atoms with Crippen molar-refractivity contribution in [3.05, 3.63) is 35.4 Å². The predicted molar refractivity (Wildman–Crippen MR) is 87.5 cm³/mol. The van der Waals surface area contributed by atoms with E-state index in [0.717, 1.165) is 25.0 Å². The second kappa shape index (κ2) is 8.11. The van der Waals surface area contributed by atoms with Crippen molar-refractivity contribution in [3.63, 3.8) is 0 Å². The molecule has 0 unspecified atom stereocenters. The van der Waals surface area contributed by atoms with E-state index in [-0.39, 0.29) is 24.0 Å². The molecule has 0 aliphatic carbocycles. The largest absolute Gasteiger partial charge is 0.478 e. The number of rotatable bonds is 6. The number of ether oxygens (including phenoxy) is 1. The Balaban J connectivity index is 1.83. The molecule has 1 heterocycles. The minimum absolute atomic E-state index is 0.0508. The molecule has 0 atom stereocenters. The van der Waals surface area contributed by atoms with Gasteiger partial charge in [-0.1, -0.05) is 26.0 Å². The van der Waals surface area contributed by atoms with Gasteiger partial charge in [0, 0.05) is 19.7 Å². The van der Waals surface area contributed by atoms with Crippen LogP contribution in [0.25, 0.3) is 0 Å². The Morgan fingerprint density at radius 2 is 2.00 bits per heavy atom. The molecule has 1 N–H and O–H groups in total. The van der Waals surface area contributed by atoms with Gasteiger partial charge in [0.2, 0.25) is 5.91 Å². The highest BCUT2D eigenvalue weighted by Crippen LogP contribution is 2.16. The fourth-order valence-electron chi connectivity index (χ4n) is 2.70. The van der Waals surface area contributed by atoms with Crippen molar-refractivity contribution in [1.82, 2.24) is 4.90 Å². The number of carbonyl (C=O) groups excluding carboxylic acids is 1. The molecule has 1 aromatic carbocycles. The lowest BCUT2D eigenvalue weighted by molar-refractivity contribution is -0.133. The van der Waals surface area contributed by atoms with E-state index in [9.17, 15) is 9.59 Å². The van der Waals surface area contributed by atoms with E-state index >= 15 is 0 Å². The minimum Gasteiger partial charge on any atom is -0.478 e. The molecule has 1 aliphatic rings. The average molecular weight is 319 g/mol. The lowest BCUT2D eigenvalue weighted by Crippen LogP contribution is -2.41.